The number of nitrogens with zero attached hydrogens (tertiary/aromatic N) is 1. The maximum Gasteiger partial charge on any atom is 0.273 e. The first kappa shape index (κ1) is 13.6. The average Bonchev–Trinajstić information content (AvgIpc) is 2.36. The van der Waals surface area contributed by atoms with Crippen molar-refractivity contribution >= 4 is 17.1 Å². The van der Waals surface area contributed by atoms with Gasteiger partial charge in [0.15, 0.2) is 0 Å². The minimum atomic E-state index is -0.452. The topological polar surface area (TPSA) is 101 Å². The molecule has 0 amide bonds. The van der Waals surface area contributed by atoms with Gasteiger partial charge in [-0.3, -0.25) is 10.1 Å². The summed E-state index contributed by atoms with van der Waals surface area (Å²) >= 11 is 0. The van der Waals surface area contributed by atoms with Crippen LogP contribution in [0.2, 0.25) is 0 Å². The Morgan fingerprint density at radius 2 is 2.21 bits per heavy atom. The number of nitrogens with two attached hydrogens (primary N) is 1. The molecule has 1 aliphatic rings. The fraction of sp³-hybridized carbons (Fsp3) is 0.538. The third kappa shape index (κ3) is 3.82. The summed E-state index contributed by atoms with van der Waals surface area (Å²) in [5.74, 6) is 0.407. The number of benzene rings is 1. The second-order valence-corrected chi connectivity index (χ2v) is 5.14. The van der Waals surface area contributed by atoms with Crippen LogP contribution in [0.3, 0.4) is 0 Å². The Kier molecular flexibility index (Phi) is 4.21. The molecule has 0 saturated heterocycles. The van der Waals surface area contributed by atoms with Crippen LogP contribution in [0.15, 0.2) is 18.2 Å². The Morgan fingerprint density at radius 1 is 1.42 bits per heavy atom. The van der Waals surface area contributed by atoms with Crippen LogP contribution in [-0.2, 0) is 0 Å². The molecule has 0 radical (unpaired) electrons. The molecule has 2 rings (SSSR count). The molecule has 1 aliphatic carbocycles. The molecule has 1 aromatic rings. The number of non-ortho nitro benzene ring substituents is 1. The fourth-order valence-corrected chi connectivity index (χ4v) is 2.55. The first-order chi connectivity index (χ1) is 9.04. The van der Waals surface area contributed by atoms with Crippen LogP contribution >= 0.6 is 0 Å². The van der Waals surface area contributed by atoms with Gasteiger partial charge in [0, 0.05) is 30.1 Å². The first-order valence-corrected chi connectivity index (χ1v) is 6.51. The highest BCUT2D eigenvalue weighted by molar-refractivity contribution is 5.61. The summed E-state index contributed by atoms with van der Waals surface area (Å²) in [6.07, 6.45) is 3.56. The Morgan fingerprint density at radius 3 is 2.89 bits per heavy atom. The second-order valence-electron chi connectivity index (χ2n) is 5.14. The standard InChI is InChI=1S/C13H19N3O3/c14-10-5-11(7-12(6-10)16(18)19)15-8-9-2-1-3-13(17)4-9/h5-7,9,13,15,17H,1-4,8,14H2. The van der Waals surface area contributed by atoms with E-state index in [-0.39, 0.29) is 11.8 Å². The predicted octanol–water partition coefficient (Wildman–Crippen LogP) is 2.14. The number of hydrogen-bond donors (Lipinski definition) is 3. The zero-order valence-corrected chi connectivity index (χ0v) is 10.7. The van der Waals surface area contributed by atoms with Gasteiger partial charge in [0.1, 0.15) is 0 Å². The molecule has 0 aromatic heterocycles. The highest BCUT2D eigenvalue weighted by Crippen LogP contribution is 2.26. The van der Waals surface area contributed by atoms with Crippen molar-refractivity contribution in [3.8, 4) is 0 Å². The Hall–Kier alpha value is -1.82. The minimum absolute atomic E-state index is 0.00817. The van der Waals surface area contributed by atoms with E-state index in [1.165, 1.54) is 12.1 Å². The van der Waals surface area contributed by atoms with Gasteiger partial charge in [-0.15, -0.1) is 0 Å². The van der Waals surface area contributed by atoms with E-state index < -0.39 is 4.92 Å². The van der Waals surface area contributed by atoms with E-state index in [0.29, 0.717) is 23.8 Å². The molecule has 2 atom stereocenters. The monoisotopic (exact) mass is 265 g/mol. The number of nitrogen functional groups attached to an aromatic ring is 1. The molecule has 0 spiro atoms. The van der Waals surface area contributed by atoms with Crippen LogP contribution in [0.25, 0.3) is 0 Å². The lowest BCUT2D eigenvalue weighted by molar-refractivity contribution is -0.384. The summed E-state index contributed by atoms with van der Waals surface area (Å²) in [5, 5.41) is 23.5. The number of nitro groups is 1. The van der Waals surface area contributed by atoms with E-state index in [4.69, 9.17) is 5.73 Å². The molecule has 0 bridgehead atoms. The normalized spacial score (nSPS) is 23.0. The van der Waals surface area contributed by atoms with Gasteiger partial charge >= 0.3 is 0 Å². The first-order valence-electron chi connectivity index (χ1n) is 6.51. The van der Waals surface area contributed by atoms with Gasteiger partial charge < -0.3 is 16.2 Å². The Labute approximate surface area is 111 Å². The number of nitro benzene ring substituents is 1. The summed E-state index contributed by atoms with van der Waals surface area (Å²) in [7, 11) is 0. The molecule has 0 heterocycles. The molecule has 104 valence electrons. The molecule has 19 heavy (non-hydrogen) atoms. The summed E-state index contributed by atoms with van der Waals surface area (Å²) in [6, 6.07) is 4.51. The quantitative estimate of drug-likeness (QED) is 0.440. The van der Waals surface area contributed by atoms with Gasteiger partial charge in [0.2, 0.25) is 0 Å². The zero-order valence-electron chi connectivity index (χ0n) is 10.7. The van der Waals surface area contributed by atoms with E-state index in [2.05, 4.69) is 5.32 Å². The fourth-order valence-electron chi connectivity index (χ4n) is 2.55. The van der Waals surface area contributed by atoms with Crippen LogP contribution < -0.4 is 11.1 Å². The Balaban J connectivity index is 1.97. The van der Waals surface area contributed by atoms with Crippen LogP contribution in [-0.4, -0.2) is 22.7 Å². The van der Waals surface area contributed by atoms with Gasteiger partial charge in [-0.2, -0.15) is 0 Å². The average molecular weight is 265 g/mol. The van der Waals surface area contributed by atoms with Crippen molar-refractivity contribution in [2.75, 3.05) is 17.6 Å². The number of hydrogen-bond acceptors (Lipinski definition) is 5. The third-order valence-electron chi connectivity index (χ3n) is 3.50. The van der Waals surface area contributed by atoms with Crippen LogP contribution in [0.1, 0.15) is 25.7 Å². The molecule has 1 aromatic carbocycles. The molecular weight excluding hydrogens is 246 g/mol. The summed E-state index contributed by atoms with van der Waals surface area (Å²) in [5.41, 5.74) is 6.67. The van der Waals surface area contributed by atoms with Crippen LogP contribution in [0.4, 0.5) is 17.1 Å². The molecule has 2 unspecified atom stereocenters. The lowest BCUT2D eigenvalue weighted by Crippen LogP contribution is -2.25. The van der Waals surface area contributed by atoms with E-state index >= 15 is 0 Å². The van der Waals surface area contributed by atoms with E-state index in [9.17, 15) is 15.2 Å². The molecular formula is C13H19N3O3. The lowest BCUT2D eigenvalue weighted by Gasteiger charge is -2.26. The molecule has 6 heteroatoms. The van der Waals surface area contributed by atoms with Crippen molar-refractivity contribution in [3.05, 3.63) is 28.3 Å². The van der Waals surface area contributed by atoms with Crippen molar-refractivity contribution in [2.24, 2.45) is 5.92 Å². The van der Waals surface area contributed by atoms with Gasteiger partial charge in [-0.1, -0.05) is 6.42 Å². The zero-order chi connectivity index (χ0) is 13.8. The van der Waals surface area contributed by atoms with Crippen LogP contribution in [0.5, 0.6) is 0 Å². The predicted molar refractivity (Wildman–Crippen MR) is 74.0 cm³/mol. The smallest absolute Gasteiger partial charge is 0.273 e. The second kappa shape index (κ2) is 5.88. The van der Waals surface area contributed by atoms with Gasteiger partial charge in [-0.05, 0) is 31.2 Å². The van der Waals surface area contributed by atoms with Gasteiger partial charge in [0.25, 0.3) is 5.69 Å². The summed E-state index contributed by atoms with van der Waals surface area (Å²) in [4.78, 5) is 10.3. The van der Waals surface area contributed by atoms with E-state index in [0.717, 1.165) is 25.7 Å². The van der Waals surface area contributed by atoms with Crippen molar-refractivity contribution in [2.45, 2.75) is 31.8 Å². The van der Waals surface area contributed by atoms with Gasteiger partial charge in [0.05, 0.1) is 11.0 Å². The minimum Gasteiger partial charge on any atom is -0.398 e. The highest BCUT2D eigenvalue weighted by atomic mass is 16.6. The molecule has 1 saturated carbocycles. The van der Waals surface area contributed by atoms with Crippen molar-refractivity contribution in [1.82, 2.24) is 0 Å². The van der Waals surface area contributed by atoms with Crippen molar-refractivity contribution in [3.63, 3.8) is 0 Å². The SMILES string of the molecule is Nc1cc(NCC2CCCC(O)C2)cc([N+](=O)[O-])c1. The highest BCUT2D eigenvalue weighted by Gasteiger charge is 2.20. The van der Waals surface area contributed by atoms with Crippen molar-refractivity contribution < 1.29 is 10.0 Å². The number of aliphatic hydroxyl groups is 1. The summed E-state index contributed by atoms with van der Waals surface area (Å²) in [6.45, 7) is 0.706. The number of rotatable bonds is 4. The summed E-state index contributed by atoms with van der Waals surface area (Å²) < 4.78 is 0. The molecule has 0 aliphatic heterocycles. The molecule has 4 N–H and O–H groups in total. The van der Waals surface area contributed by atoms with Crippen LogP contribution in [0, 0.1) is 16.0 Å². The maximum absolute atomic E-state index is 10.7. The molecule has 6 nitrogen and oxygen atoms in total. The number of aliphatic hydroxyl groups excluding tert-OH is 1. The largest absolute Gasteiger partial charge is 0.398 e. The van der Waals surface area contributed by atoms with Crippen molar-refractivity contribution in [1.29, 1.82) is 0 Å². The van der Waals surface area contributed by atoms with E-state index in [1.807, 2.05) is 0 Å². The molecule has 1 fully saturated rings. The number of nitrogens with one attached hydrogen (secondary N) is 1. The third-order valence-corrected chi connectivity index (χ3v) is 3.50. The van der Waals surface area contributed by atoms with Gasteiger partial charge in [-0.25, -0.2) is 0 Å². The maximum atomic E-state index is 10.7. The van der Waals surface area contributed by atoms with E-state index in [1.54, 1.807) is 6.07 Å². The lowest BCUT2D eigenvalue weighted by atomic mass is 9.87. The Bertz CT molecular complexity index is 464. The number of anilines is 2.